The number of rotatable bonds is 7. The van der Waals surface area contributed by atoms with Crippen LogP contribution in [0.4, 0.5) is 27.6 Å². The molecule has 0 radical (unpaired) electrons. The molecule has 4 rings (SSSR count). The molecule has 7 nitrogen and oxygen atoms in total. The fourth-order valence-electron chi connectivity index (χ4n) is 4.96. The molecule has 0 heterocycles. The molecular weight excluding hydrogens is 525 g/mol. The summed E-state index contributed by atoms with van der Waals surface area (Å²) < 4.78 is 68.4. The number of anilines is 1. The van der Waals surface area contributed by atoms with Crippen molar-refractivity contribution in [2.45, 2.75) is 52.3 Å². The first-order valence-electron chi connectivity index (χ1n) is 12.2. The Balaban J connectivity index is 1.51. The van der Waals surface area contributed by atoms with E-state index in [9.17, 15) is 41.1 Å². The van der Waals surface area contributed by atoms with Gasteiger partial charge in [0.05, 0.1) is 5.41 Å². The molecule has 1 saturated carbocycles. The SMILES string of the molecule is CC(=O)NC(=O)[C@]1(C)Cc2ccc(NC(=O)CN(Cc3cc(F)cc(F)c3)C(=O)C3(C(F)(F)F)CC3)cc2C1. The number of nitrogens with zero attached hydrogens (tertiary/aromatic N) is 1. The lowest BCUT2D eigenvalue weighted by atomic mass is 9.86. The number of halogens is 5. The lowest BCUT2D eigenvalue weighted by Crippen LogP contribution is -2.46. The number of benzene rings is 2. The summed E-state index contributed by atoms with van der Waals surface area (Å²) in [5.74, 6) is -5.01. The molecule has 0 aliphatic heterocycles. The molecule has 0 bridgehead atoms. The van der Waals surface area contributed by atoms with Gasteiger partial charge in [-0.1, -0.05) is 13.0 Å². The number of imide groups is 1. The second kappa shape index (κ2) is 10.0. The average molecular weight is 552 g/mol. The predicted molar refractivity (Wildman–Crippen MR) is 129 cm³/mol. The van der Waals surface area contributed by atoms with Crippen molar-refractivity contribution < 1.29 is 41.1 Å². The summed E-state index contributed by atoms with van der Waals surface area (Å²) in [4.78, 5) is 50.3. The molecule has 1 atom stereocenters. The quantitative estimate of drug-likeness (QED) is 0.508. The Bertz CT molecular complexity index is 1340. The number of alkyl halides is 3. The van der Waals surface area contributed by atoms with E-state index in [0.717, 1.165) is 23.3 Å². The molecule has 0 spiro atoms. The molecule has 2 aromatic rings. The third-order valence-corrected chi connectivity index (χ3v) is 7.11. The first-order chi connectivity index (χ1) is 18.1. The van der Waals surface area contributed by atoms with Gasteiger partial charge in [0.2, 0.25) is 23.6 Å². The smallest absolute Gasteiger partial charge is 0.328 e. The van der Waals surface area contributed by atoms with Gasteiger partial charge in [-0.05, 0) is 66.6 Å². The van der Waals surface area contributed by atoms with Gasteiger partial charge in [0.1, 0.15) is 23.6 Å². The molecule has 39 heavy (non-hydrogen) atoms. The van der Waals surface area contributed by atoms with Crippen LogP contribution in [0.2, 0.25) is 0 Å². The maximum atomic E-state index is 13.7. The summed E-state index contributed by atoms with van der Waals surface area (Å²) in [6.07, 6.45) is -5.07. The van der Waals surface area contributed by atoms with E-state index in [-0.39, 0.29) is 17.7 Å². The third kappa shape index (κ3) is 5.94. The molecule has 2 aliphatic rings. The minimum atomic E-state index is -4.84. The molecule has 0 unspecified atom stereocenters. The molecule has 0 saturated heterocycles. The number of nitrogens with one attached hydrogen (secondary N) is 2. The molecule has 2 aliphatic carbocycles. The van der Waals surface area contributed by atoms with Gasteiger partial charge in [0, 0.05) is 25.2 Å². The topological polar surface area (TPSA) is 95.6 Å². The number of hydrogen-bond donors (Lipinski definition) is 2. The highest BCUT2D eigenvalue weighted by atomic mass is 19.4. The molecule has 2 N–H and O–H groups in total. The van der Waals surface area contributed by atoms with Gasteiger partial charge in [-0.3, -0.25) is 24.5 Å². The zero-order valence-corrected chi connectivity index (χ0v) is 21.2. The van der Waals surface area contributed by atoms with E-state index in [2.05, 4.69) is 10.6 Å². The lowest BCUT2D eigenvalue weighted by molar-refractivity contribution is -0.199. The second-order valence-electron chi connectivity index (χ2n) is 10.5. The molecular formula is C27H26F5N3O4. The summed E-state index contributed by atoms with van der Waals surface area (Å²) in [6, 6.07) is 7.22. The average Bonchev–Trinajstić information content (AvgIpc) is 3.54. The number of carbonyl (C=O) groups excluding carboxylic acids is 4. The van der Waals surface area contributed by atoms with Gasteiger partial charge in [-0.15, -0.1) is 0 Å². The van der Waals surface area contributed by atoms with E-state index < -0.39 is 78.2 Å². The third-order valence-electron chi connectivity index (χ3n) is 7.11. The molecule has 208 valence electrons. The zero-order valence-electron chi connectivity index (χ0n) is 21.2. The summed E-state index contributed by atoms with van der Waals surface area (Å²) in [6.45, 7) is 1.55. The van der Waals surface area contributed by atoms with Crippen molar-refractivity contribution in [1.82, 2.24) is 10.2 Å². The standard InChI is InChI=1S/C27H26F5N3O4/c1-15(36)33-23(38)25(2)11-17-3-4-21(9-18(17)12-25)34-22(37)14-35(13-16-7-19(28)10-20(29)8-16)24(39)26(5-6-26)27(30,31)32/h3-4,7-10H,5-6,11-14H2,1-2H3,(H,34,37)(H,33,36,38)/t25-/m1/s1. The number of fused-ring (bicyclic) bond motifs is 1. The monoisotopic (exact) mass is 551 g/mol. The van der Waals surface area contributed by atoms with Crippen LogP contribution in [0.25, 0.3) is 0 Å². The van der Waals surface area contributed by atoms with E-state index in [1.165, 1.54) is 6.92 Å². The van der Waals surface area contributed by atoms with Crippen LogP contribution in [-0.4, -0.2) is 41.2 Å². The van der Waals surface area contributed by atoms with Gasteiger partial charge in [-0.25, -0.2) is 8.78 Å². The van der Waals surface area contributed by atoms with Crippen LogP contribution in [0.15, 0.2) is 36.4 Å². The number of hydrogen-bond acceptors (Lipinski definition) is 4. The van der Waals surface area contributed by atoms with Crippen LogP contribution >= 0.6 is 0 Å². The highest BCUT2D eigenvalue weighted by Crippen LogP contribution is 2.58. The first-order valence-corrected chi connectivity index (χ1v) is 12.2. The Morgan fingerprint density at radius 1 is 0.949 bits per heavy atom. The van der Waals surface area contributed by atoms with Crippen molar-refractivity contribution in [3.63, 3.8) is 0 Å². The van der Waals surface area contributed by atoms with E-state index in [1.807, 2.05) is 0 Å². The van der Waals surface area contributed by atoms with Crippen molar-refractivity contribution in [1.29, 1.82) is 0 Å². The van der Waals surface area contributed by atoms with Gasteiger partial charge in [-0.2, -0.15) is 13.2 Å². The van der Waals surface area contributed by atoms with Crippen LogP contribution in [0, 0.1) is 22.5 Å². The van der Waals surface area contributed by atoms with E-state index in [4.69, 9.17) is 0 Å². The second-order valence-corrected chi connectivity index (χ2v) is 10.5. The lowest BCUT2D eigenvalue weighted by Gasteiger charge is -2.28. The van der Waals surface area contributed by atoms with Crippen LogP contribution in [0.5, 0.6) is 0 Å². The number of carbonyl (C=O) groups is 4. The minimum Gasteiger partial charge on any atom is -0.328 e. The molecule has 1 fully saturated rings. The summed E-state index contributed by atoms with van der Waals surface area (Å²) >= 11 is 0. The van der Waals surface area contributed by atoms with Crippen molar-refractivity contribution >= 4 is 29.3 Å². The van der Waals surface area contributed by atoms with Crippen LogP contribution in [0.3, 0.4) is 0 Å². The maximum absolute atomic E-state index is 13.7. The van der Waals surface area contributed by atoms with Crippen LogP contribution in [-0.2, 0) is 38.6 Å². The van der Waals surface area contributed by atoms with E-state index in [0.29, 0.717) is 17.4 Å². The molecule has 4 amide bonds. The summed E-state index contributed by atoms with van der Waals surface area (Å²) in [5, 5.41) is 4.83. The minimum absolute atomic E-state index is 0.104. The Labute approximate surface area is 220 Å². The predicted octanol–water partition coefficient (Wildman–Crippen LogP) is 4.04. The highest BCUT2D eigenvalue weighted by Gasteiger charge is 2.69. The van der Waals surface area contributed by atoms with Crippen molar-refractivity contribution in [3.05, 3.63) is 64.7 Å². The van der Waals surface area contributed by atoms with Gasteiger partial charge >= 0.3 is 6.18 Å². The van der Waals surface area contributed by atoms with E-state index in [1.54, 1.807) is 25.1 Å². The van der Waals surface area contributed by atoms with Gasteiger partial charge < -0.3 is 10.2 Å². The Morgan fingerprint density at radius 2 is 1.56 bits per heavy atom. The van der Waals surface area contributed by atoms with Crippen molar-refractivity contribution in [3.8, 4) is 0 Å². The largest absolute Gasteiger partial charge is 0.403 e. The first kappa shape index (κ1) is 28.2. The van der Waals surface area contributed by atoms with Gasteiger partial charge in [0.15, 0.2) is 0 Å². The van der Waals surface area contributed by atoms with Crippen LogP contribution in [0.1, 0.15) is 43.4 Å². The zero-order chi connectivity index (χ0) is 28.8. The fourth-order valence-corrected chi connectivity index (χ4v) is 4.96. The Hall–Kier alpha value is -3.83. The maximum Gasteiger partial charge on any atom is 0.403 e. The van der Waals surface area contributed by atoms with Gasteiger partial charge in [0.25, 0.3) is 0 Å². The highest BCUT2D eigenvalue weighted by molar-refractivity contribution is 5.98. The summed E-state index contributed by atoms with van der Waals surface area (Å²) in [5.41, 5.74) is -1.75. The summed E-state index contributed by atoms with van der Waals surface area (Å²) in [7, 11) is 0. The Morgan fingerprint density at radius 3 is 2.13 bits per heavy atom. The normalized spacial score (nSPS) is 19.2. The van der Waals surface area contributed by atoms with Crippen molar-refractivity contribution in [2.75, 3.05) is 11.9 Å². The fraction of sp³-hybridized carbons (Fsp3) is 0.407. The molecule has 0 aromatic heterocycles. The van der Waals surface area contributed by atoms with E-state index >= 15 is 0 Å². The van der Waals surface area contributed by atoms with Crippen LogP contribution < -0.4 is 10.6 Å². The number of amides is 4. The molecule has 2 aromatic carbocycles. The molecule has 12 heteroatoms. The van der Waals surface area contributed by atoms with Crippen molar-refractivity contribution in [2.24, 2.45) is 10.8 Å². The Kier molecular flexibility index (Phi) is 7.26.